The zero-order valence-corrected chi connectivity index (χ0v) is 10.7. The topological polar surface area (TPSA) is 26.3 Å². The summed E-state index contributed by atoms with van der Waals surface area (Å²) in [7, 11) is 0. The van der Waals surface area contributed by atoms with Gasteiger partial charge in [-0.2, -0.15) is 0 Å². The molecule has 3 rings (SSSR count). The van der Waals surface area contributed by atoms with Gasteiger partial charge in [0, 0.05) is 11.0 Å². The number of esters is 1. The summed E-state index contributed by atoms with van der Waals surface area (Å²) >= 11 is 0. The van der Waals surface area contributed by atoms with Crippen LogP contribution in [0.15, 0.2) is 18.2 Å². The van der Waals surface area contributed by atoms with Crippen LogP contribution in [0.3, 0.4) is 0 Å². The van der Waals surface area contributed by atoms with E-state index in [2.05, 4.69) is 26.8 Å². The average molecular weight is 230 g/mol. The van der Waals surface area contributed by atoms with Crippen LogP contribution in [0.5, 0.6) is 5.75 Å². The quantitative estimate of drug-likeness (QED) is 0.504. The Morgan fingerprint density at radius 1 is 1.18 bits per heavy atom. The molecule has 2 aliphatic rings. The molecule has 2 nitrogen and oxygen atoms in total. The van der Waals surface area contributed by atoms with Gasteiger partial charge in [0.2, 0.25) is 0 Å². The van der Waals surface area contributed by atoms with Crippen molar-refractivity contribution in [1.29, 1.82) is 0 Å². The van der Waals surface area contributed by atoms with Crippen LogP contribution < -0.4 is 4.74 Å². The van der Waals surface area contributed by atoms with Crippen molar-refractivity contribution in [2.45, 2.75) is 45.4 Å². The van der Waals surface area contributed by atoms with Crippen molar-refractivity contribution in [3.8, 4) is 5.75 Å². The third kappa shape index (κ3) is 1.18. The first-order valence-electron chi connectivity index (χ1n) is 6.31. The normalized spacial score (nSPS) is 35.1. The zero-order valence-electron chi connectivity index (χ0n) is 10.7. The van der Waals surface area contributed by atoms with Crippen LogP contribution in [0.4, 0.5) is 0 Å². The molecule has 0 aromatic heterocycles. The van der Waals surface area contributed by atoms with E-state index in [9.17, 15) is 4.79 Å². The van der Waals surface area contributed by atoms with Crippen LogP contribution in [-0.2, 0) is 10.2 Å². The van der Waals surface area contributed by atoms with Gasteiger partial charge in [-0.25, -0.2) is 0 Å². The van der Waals surface area contributed by atoms with Crippen molar-refractivity contribution < 1.29 is 9.53 Å². The third-order valence-corrected chi connectivity index (χ3v) is 4.95. The number of hydrogen-bond acceptors (Lipinski definition) is 2. The van der Waals surface area contributed by atoms with Crippen LogP contribution in [0, 0.1) is 12.3 Å². The molecule has 0 radical (unpaired) electrons. The molecule has 1 saturated carbocycles. The Balaban J connectivity index is 2.27. The summed E-state index contributed by atoms with van der Waals surface area (Å²) in [6.45, 7) is 6.37. The fourth-order valence-corrected chi connectivity index (χ4v) is 3.48. The van der Waals surface area contributed by atoms with E-state index in [0.29, 0.717) is 0 Å². The van der Waals surface area contributed by atoms with Crippen molar-refractivity contribution >= 4 is 5.97 Å². The minimum atomic E-state index is -0.339. The molecule has 1 fully saturated rings. The molecule has 0 bridgehead atoms. The summed E-state index contributed by atoms with van der Waals surface area (Å²) in [5.41, 5.74) is 2.06. The molecule has 2 atom stereocenters. The molecule has 0 saturated heterocycles. The molecule has 0 spiro atoms. The van der Waals surface area contributed by atoms with Gasteiger partial charge in [-0.1, -0.05) is 31.0 Å². The molecule has 0 amide bonds. The highest BCUT2D eigenvalue weighted by Crippen LogP contribution is 2.59. The zero-order chi connectivity index (χ0) is 12.3. The lowest BCUT2D eigenvalue weighted by molar-refractivity contribution is -0.150. The van der Waals surface area contributed by atoms with Crippen LogP contribution >= 0.6 is 0 Å². The van der Waals surface area contributed by atoms with Crippen molar-refractivity contribution in [1.82, 2.24) is 0 Å². The number of aryl methyl sites for hydroxylation is 1. The number of carbonyl (C=O) groups is 1. The standard InChI is InChI=1S/C15H18O2/c1-10-5-6-12-11(9-10)14(2)7-4-8-15(14,3)13(16)17-12/h5-6,9H,4,7-8H2,1-3H3/t14-,15+/m0/s1. The minimum Gasteiger partial charge on any atom is -0.426 e. The molecule has 0 N–H and O–H groups in total. The first-order valence-corrected chi connectivity index (χ1v) is 6.31. The van der Waals surface area contributed by atoms with Crippen molar-refractivity contribution in [3.05, 3.63) is 29.3 Å². The summed E-state index contributed by atoms with van der Waals surface area (Å²) < 4.78 is 5.53. The van der Waals surface area contributed by atoms with Gasteiger partial charge in [-0.15, -0.1) is 0 Å². The Morgan fingerprint density at radius 3 is 2.65 bits per heavy atom. The molecule has 1 heterocycles. The average Bonchev–Trinajstić information content (AvgIpc) is 2.60. The largest absolute Gasteiger partial charge is 0.426 e. The Kier molecular flexibility index (Phi) is 1.99. The Labute approximate surface area is 102 Å². The highest BCUT2D eigenvalue weighted by Gasteiger charge is 2.58. The summed E-state index contributed by atoms with van der Waals surface area (Å²) in [6, 6.07) is 6.13. The molecule has 1 aromatic rings. The van der Waals surface area contributed by atoms with Gasteiger partial charge in [0.05, 0.1) is 5.41 Å². The number of fused-ring (bicyclic) bond motifs is 3. The van der Waals surface area contributed by atoms with Crippen molar-refractivity contribution in [3.63, 3.8) is 0 Å². The van der Waals surface area contributed by atoms with Crippen molar-refractivity contribution in [2.75, 3.05) is 0 Å². The minimum absolute atomic E-state index is 0.0474. The lowest BCUT2D eigenvalue weighted by Gasteiger charge is -2.44. The maximum atomic E-state index is 12.2. The SMILES string of the molecule is Cc1ccc2c(c1)[C@]1(C)CCC[C@]1(C)C(=O)O2. The predicted octanol–water partition coefficient (Wildman–Crippen LogP) is 3.36. The smallest absolute Gasteiger partial charge is 0.318 e. The molecule has 1 aromatic carbocycles. The summed E-state index contributed by atoms with van der Waals surface area (Å²) in [5, 5.41) is 0. The van der Waals surface area contributed by atoms with Gasteiger partial charge in [0.1, 0.15) is 5.75 Å². The van der Waals surface area contributed by atoms with Gasteiger partial charge in [-0.3, -0.25) is 4.79 Å². The van der Waals surface area contributed by atoms with Crippen LogP contribution in [0.2, 0.25) is 0 Å². The Bertz CT molecular complexity index is 506. The Morgan fingerprint density at radius 2 is 1.88 bits per heavy atom. The van der Waals surface area contributed by atoms with E-state index in [1.165, 1.54) is 11.1 Å². The van der Waals surface area contributed by atoms with Gasteiger partial charge < -0.3 is 4.74 Å². The summed E-state index contributed by atoms with van der Waals surface area (Å²) in [4.78, 5) is 12.2. The molecular formula is C15H18O2. The lowest BCUT2D eigenvalue weighted by Crippen LogP contribution is -2.48. The number of hydrogen-bond donors (Lipinski definition) is 0. The van der Waals surface area contributed by atoms with E-state index in [1.54, 1.807) is 0 Å². The monoisotopic (exact) mass is 230 g/mol. The Hall–Kier alpha value is -1.31. The van der Waals surface area contributed by atoms with E-state index in [0.717, 1.165) is 25.0 Å². The molecular weight excluding hydrogens is 212 g/mol. The fraction of sp³-hybridized carbons (Fsp3) is 0.533. The third-order valence-electron chi connectivity index (χ3n) is 4.95. The summed E-state index contributed by atoms with van der Waals surface area (Å²) in [6.07, 6.45) is 3.13. The molecule has 2 heteroatoms. The molecule has 1 aliphatic heterocycles. The summed E-state index contributed by atoms with van der Waals surface area (Å²) in [5.74, 6) is 0.719. The van der Waals surface area contributed by atoms with E-state index < -0.39 is 0 Å². The van der Waals surface area contributed by atoms with E-state index >= 15 is 0 Å². The van der Waals surface area contributed by atoms with Crippen LogP contribution in [-0.4, -0.2) is 5.97 Å². The first kappa shape index (κ1) is 10.8. The highest BCUT2D eigenvalue weighted by atomic mass is 16.5. The van der Waals surface area contributed by atoms with Gasteiger partial charge >= 0.3 is 5.97 Å². The van der Waals surface area contributed by atoms with E-state index in [1.807, 2.05) is 12.1 Å². The van der Waals surface area contributed by atoms with Gasteiger partial charge in [0.25, 0.3) is 0 Å². The molecule has 17 heavy (non-hydrogen) atoms. The second-order valence-electron chi connectivity index (χ2n) is 5.91. The molecule has 1 aliphatic carbocycles. The fourth-order valence-electron chi connectivity index (χ4n) is 3.48. The molecule has 90 valence electrons. The number of carbonyl (C=O) groups excluding carboxylic acids is 1. The second-order valence-corrected chi connectivity index (χ2v) is 5.91. The second kappa shape index (κ2) is 3.12. The number of ether oxygens (including phenoxy) is 1. The molecule has 0 unspecified atom stereocenters. The van der Waals surface area contributed by atoms with Crippen molar-refractivity contribution in [2.24, 2.45) is 5.41 Å². The van der Waals surface area contributed by atoms with Crippen LogP contribution in [0.1, 0.15) is 44.2 Å². The number of benzene rings is 1. The van der Waals surface area contributed by atoms with Crippen LogP contribution in [0.25, 0.3) is 0 Å². The van der Waals surface area contributed by atoms with Gasteiger partial charge in [0.15, 0.2) is 0 Å². The number of rotatable bonds is 0. The van der Waals surface area contributed by atoms with E-state index in [4.69, 9.17) is 4.74 Å². The lowest BCUT2D eigenvalue weighted by atomic mass is 9.62. The maximum Gasteiger partial charge on any atom is 0.318 e. The maximum absolute atomic E-state index is 12.2. The predicted molar refractivity (Wildman–Crippen MR) is 66.1 cm³/mol. The van der Waals surface area contributed by atoms with E-state index in [-0.39, 0.29) is 16.8 Å². The van der Waals surface area contributed by atoms with Gasteiger partial charge in [-0.05, 0) is 32.8 Å². The first-order chi connectivity index (χ1) is 7.97. The highest BCUT2D eigenvalue weighted by molar-refractivity contribution is 5.84.